The number of hydrogen-bond acceptors (Lipinski definition) is 5. The van der Waals surface area contributed by atoms with Crippen LogP contribution in [0.3, 0.4) is 0 Å². The van der Waals surface area contributed by atoms with E-state index in [0.717, 1.165) is 5.56 Å². The van der Waals surface area contributed by atoms with Crippen molar-refractivity contribution in [3.63, 3.8) is 0 Å². The highest BCUT2D eigenvalue weighted by Gasteiger charge is 2.41. The molecule has 1 N–H and O–H groups in total. The number of hydrogen-bond donors (Lipinski definition) is 1. The molecule has 0 saturated carbocycles. The fraction of sp³-hybridized carbons (Fsp3) is 0.364. The Hall–Kier alpha value is -2.94. The van der Waals surface area contributed by atoms with Gasteiger partial charge in [-0.3, -0.25) is 9.59 Å². The van der Waals surface area contributed by atoms with Gasteiger partial charge in [0.15, 0.2) is 9.84 Å². The first-order valence-corrected chi connectivity index (χ1v) is 11.9. The van der Waals surface area contributed by atoms with E-state index in [0.29, 0.717) is 24.5 Å². The van der Waals surface area contributed by atoms with E-state index in [2.05, 4.69) is 5.32 Å². The number of sulfone groups is 1. The van der Waals surface area contributed by atoms with Crippen molar-refractivity contribution in [3.8, 4) is 11.5 Å². The topological polar surface area (TPSA) is 92.8 Å². The van der Waals surface area contributed by atoms with Crippen molar-refractivity contribution in [3.05, 3.63) is 59.9 Å². The Morgan fingerprint density at radius 1 is 1.10 bits per heavy atom. The average molecular weight is 447 g/mol. The summed E-state index contributed by atoms with van der Waals surface area (Å²) in [6.45, 7) is 0.563. The predicted octanol–water partition coefficient (Wildman–Crippen LogP) is 2.27. The van der Waals surface area contributed by atoms with Crippen LogP contribution in [0.15, 0.2) is 48.5 Å². The molecule has 2 unspecified atom stereocenters. The Balaban J connectivity index is 1.28. The lowest BCUT2D eigenvalue weighted by Gasteiger charge is -2.22. The lowest BCUT2D eigenvalue weighted by Crippen LogP contribution is -2.39. The number of ether oxygens (including phenoxy) is 1. The van der Waals surface area contributed by atoms with Gasteiger partial charge in [-0.15, -0.1) is 0 Å². The molecule has 2 aromatic rings. The zero-order valence-electron chi connectivity index (χ0n) is 16.8. The van der Waals surface area contributed by atoms with Crippen molar-refractivity contribution in [1.82, 2.24) is 10.2 Å². The lowest BCUT2D eigenvalue weighted by atomic mass is 10.1. The van der Waals surface area contributed by atoms with Crippen LogP contribution in [-0.4, -0.2) is 49.2 Å². The van der Waals surface area contributed by atoms with Gasteiger partial charge in [0.1, 0.15) is 17.3 Å². The van der Waals surface area contributed by atoms with Crippen molar-refractivity contribution in [2.24, 2.45) is 5.92 Å². The van der Waals surface area contributed by atoms with Gasteiger partial charge in [0.2, 0.25) is 11.8 Å². The summed E-state index contributed by atoms with van der Waals surface area (Å²) in [4.78, 5) is 26.4. The quantitative estimate of drug-likeness (QED) is 0.735. The number of likely N-dealkylation sites (tertiary alicyclic amines) is 1. The highest BCUT2D eigenvalue weighted by Crippen LogP contribution is 2.26. The smallest absolute Gasteiger partial charge is 0.225 e. The van der Waals surface area contributed by atoms with Gasteiger partial charge in [-0.2, -0.15) is 0 Å². The standard InChI is InChI=1S/C22H23FN2O5S/c23-17-3-7-20(8-4-17)30-19-5-1-15(2-6-19)12-24-22(27)16-11-21(26)25(13-16)18-9-10-31(28,29)14-18/h1-8,16,18H,9-14H2,(H,24,27). The van der Waals surface area contributed by atoms with Crippen LogP contribution in [0.4, 0.5) is 4.39 Å². The van der Waals surface area contributed by atoms with E-state index in [1.54, 1.807) is 17.0 Å². The second-order valence-corrected chi connectivity index (χ2v) is 10.2. The third kappa shape index (κ3) is 5.22. The molecule has 2 aromatic carbocycles. The molecule has 4 rings (SSSR count). The molecule has 0 spiro atoms. The molecule has 2 aliphatic rings. The van der Waals surface area contributed by atoms with Crippen LogP contribution in [0.25, 0.3) is 0 Å². The Kier molecular flexibility index (Phi) is 5.95. The van der Waals surface area contributed by atoms with Crippen LogP contribution >= 0.6 is 0 Å². The summed E-state index contributed by atoms with van der Waals surface area (Å²) < 4.78 is 42.0. The number of amides is 2. The van der Waals surface area contributed by atoms with Gasteiger partial charge in [0, 0.05) is 25.6 Å². The van der Waals surface area contributed by atoms with Crippen LogP contribution in [0.1, 0.15) is 18.4 Å². The Bertz CT molecular complexity index is 1070. The van der Waals surface area contributed by atoms with E-state index in [1.165, 1.54) is 24.3 Å². The number of carbonyl (C=O) groups excluding carboxylic acids is 2. The van der Waals surface area contributed by atoms with E-state index in [9.17, 15) is 22.4 Å². The number of halogens is 1. The monoisotopic (exact) mass is 446 g/mol. The molecule has 2 fully saturated rings. The number of nitrogens with one attached hydrogen (secondary N) is 1. The molecule has 0 bridgehead atoms. The highest BCUT2D eigenvalue weighted by molar-refractivity contribution is 7.91. The largest absolute Gasteiger partial charge is 0.457 e. The summed E-state index contributed by atoms with van der Waals surface area (Å²) in [6.07, 6.45) is 0.543. The minimum atomic E-state index is -3.09. The van der Waals surface area contributed by atoms with Crippen LogP contribution in [0, 0.1) is 11.7 Å². The summed E-state index contributed by atoms with van der Waals surface area (Å²) in [5.74, 6) is 0.000254. The van der Waals surface area contributed by atoms with Crippen LogP contribution < -0.4 is 10.1 Å². The highest BCUT2D eigenvalue weighted by atomic mass is 32.2. The van der Waals surface area contributed by atoms with Gasteiger partial charge in [-0.05, 0) is 48.4 Å². The number of benzene rings is 2. The molecule has 31 heavy (non-hydrogen) atoms. The Morgan fingerprint density at radius 3 is 2.35 bits per heavy atom. The Morgan fingerprint density at radius 2 is 1.74 bits per heavy atom. The van der Waals surface area contributed by atoms with Crippen LogP contribution in [0.5, 0.6) is 11.5 Å². The minimum Gasteiger partial charge on any atom is -0.457 e. The maximum atomic E-state index is 13.0. The zero-order valence-corrected chi connectivity index (χ0v) is 17.6. The molecule has 0 aliphatic carbocycles. The first kappa shape index (κ1) is 21.3. The Labute approximate surface area is 180 Å². The van der Waals surface area contributed by atoms with Crippen molar-refractivity contribution in [2.45, 2.75) is 25.4 Å². The van der Waals surface area contributed by atoms with Crippen LogP contribution in [0.2, 0.25) is 0 Å². The number of nitrogens with zero attached hydrogens (tertiary/aromatic N) is 1. The molecule has 0 aromatic heterocycles. The molecule has 9 heteroatoms. The molecule has 164 valence electrons. The third-order valence-corrected chi connectivity index (χ3v) is 7.37. The van der Waals surface area contributed by atoms with E-state index in [-0.39, 0.29) is 48.1 Å². The number of carbonyl (C=O) groups is 2. The molecule has 7 nitrogen and oxygen atoms in total. The SMILES string of the molecule is O=C(NCc1ccc(Oc2ccc(F)cc2)cc1)C1CC(=O)N(C2CCS(=O)(=O)C2)C1. The summed E-state index contributed by atoms with van der Waals surface area (Å²) in [6, 6.07) is 12.5. The first-order valence-electron chi connectivity index (χ1n) is 10.1. The van der Waals surface area contributed by atoms with Gasteiger partial charge in [0.25, 0.3) is 0 Å². The minimum absolute atomic E-state index is 0.0145. The van der Waals surface area contributed by atoms with Crippen LogP contribution in [-0.2, 0) is 26.0 Å². The van der Waals surface area contributed by atoms with Gasteiger partial charge in [-0.25, -0.2) is 12.8 Å². The fourth-order valence-corrected chi connectivity index (χ4v) is 5.66. The predicted molar refractivity (Wildman–Crippen MR) is 112 cm³/mol. The summed E-state index contributed by atoms with van der Waals surface area (Å²) in [5.41, 5.74) is 0.864. The first-order chi connectivity index (χ1) is 14.8. The van der Waals surface area contributed by atoms with Crippen molar-refractivity contribution < 1.29 is 27.1 Å². The summed E-state index contributed by atoms with van der Waals surface area (Å²) in [7, 11) is -3.09. The molecule has 2 saturated heterocycles. The van der Waals surface area contributed by atoms with E-state index in [4.69, 9.17) is 4.74 Å². The van der Waals surface area contributed by atoms with Gasteiger partial charge < -0.3 is 15.0 Å². The molecule has 2 aliphatic heterocycles. The second kappa shape index (κ2) is 8.66. The fourth-order valence-electron chi connectivity index (χ4n) is 3.93. The van der Waals surface area contributed by atoms with E-state index < -0.39 is 15.8 Å². The average Bonchev–Trinajstić information content (AvgIpc) is 3.30. The molecule has 2 heterocycles. The van der Waals surface area contributed by atoms with Gasteiger partial charge >= 0.3 is 0 Å². The molecular weight excluding hydrogens is 423 g/mol. The maximum absolute atomic E-state index is 13.0. The second-order valence-electron chi connectivity index (χ2n) is 7.92. The molecule has 0 radical (unpaired) electrons. The van der Waals surface area contributed by atoms with Gasteiger partial charge in [-0.1, -0.05) is 12.1 Å². The summed E-state index contributed by atoms with van der Waals surface area (Å²) in [5, 5.41) is 2.85. The maximum Gasteiger partial charge on any atom is 0.225 e. The van der Waals surface area contributed by atoms with Crippen molar-refractivity contribution in [1.29, 1.82) is 0 Å². The molecular formula is C22H23FN2O5S. The van der Waals surface area contributed by atoms with Crippen molar-refractivity contribution in [2.75, 3.05) is 18.1 Å². The zero-order chi connectivity index (χ0) is 22.0. The van der Waals surface area contributed by atoms with Crippen molar-refractivity contribution >= 4 is 21.7 Å². The molecule has 2 amide bonds. The third-order valence-electron chi connectivity index (χ3n) is 5.62. The summed E-state index contributed by atoms with van der Waals surface area (Å²) >= 11 is 0. The molecule has 2 atom stereocenters. The van der Waals surface area contributed by atoms with E-state index in [1.807, 2.05) is 12.1 Å². The van der Waals surface area contributed by atoms with E-state index >= 15 is 0 Å². The number of rotatable bonds is 6. The normalized spacial score (nSPS) is 22.5. The lowest BCUT2D eigenvalue weighted by molar-refractivity contribution is -0.130. The van der Waals surface area contributed by atoms with Gasteiger partial charge in [0.05, 0.1) is 17.4 Å².